The van der Waals surface area contributed by atoms with E-state index in [2.05, 4.69) is 127 Å². The van der Waals surface area contributed by atoms with Gasteiger partial charge in [-0.3, -0.25) is 14.5 Å². The summed E-state index contributed by atoms with van der Waals surface area (Å²) in [6, 6.07) is 16.7. The van der Waals surface area contributed by atoms with E-state index in [1.54, 1.807) is 4.90 Å². The van der Waals surface area contributed by atoms with Crippen LogP contribution in [0.2, 0.25) is 0 Å². The number of fused-ring (bicyclic) bond motifs is 2. The summed E-state index contributed by atoms with van der Waals surface area (Å²) in [7, 11) is 6.45. The molecule has 0 radical (unpaired) electrons. The predicted molar refractivity (Wildman–Crippen MR) is 273 cm³/mol. The minimum absolute atomic E-state index is 0.00396. The fraction of sp³-hybridized carbons (Fsp3) is 0.556. The van der Waals surface area contributed by atoms with Crippen molar-refractivity contribution in [1.29, 1.82) is 0 Å². The maximum atomic E-state index is 13.6. The number of hydrogen-bond donors (Lipinski definition) is 4. The number of likely N-dealkylation sites (N-methyl/N-ethyl adjacent to an activating group) is 1. The molecule has 0 aromatic heterocycles. The number of hydrogen-bond acceptors (Lipinski definition) is 10. The molecule has 4 aliphatic rings. The molecule has 2 saturated heterocycles. The fourth-order valence-corrected chi connectivity index (χ4v) is 9.38. The minimum Gasteiger partial charge on any atom is -0.453 e. The number of methoxy groups -OCH3 is 2. The van der Waals surface area contributed by atoms with E-state index in [1.165, 1.54) is 72.4 Å². The molecule has 0 saturated carbocycles. The molecule has 2 aliphatic heterocycles. The van der Waals surface area contributed by atoms with E-state index in [0.717, 1.165) is 68.3 Å². The summed E-state index contributed by atoms with van der Waals surface area (Å²) in [6.45, 7) is 19.4. The summed E-state index contributed by atoms with van der Waals surface area (Å²) >= 11 is 0. The zero-order valence-corrected chi connectivity index (χ0v) is 43.0. The Morgan fingerprint density at radius 2 is 1.24 bits per heavy atom. The number of nitrogens with one attached hydrogen (secondary N) is 4. The van der Waals surface area contributed by atoms with Gasteiger partial charge < -0.3 is 45.2 Å². The van der Waals surface area contributed by atoms with Crippen LogP contribution in [0.25, 0.3) is 22.3 Å². The van der Waals surface area contributed by atoms with Crippen molar-refractivity contribution in [3.05, 3.63) is 70.8 Å². The summed E-state index contributed by atoms with van der Waals surface area (Å²) in [5.41, 5.74) is 12.8. The van der Waals surface area contributed by atoms with E-state index in [4.69, 9.17) is 0 Å². The minimum atomic E-state index is -0.672. The maximum Gasteiger partial charge on any atom is 0.407 e. The monoisotopic (exact) mass is 941 g/mol. The van der Waals surface area contributed by atoms with Crippen molar-refractivity contribution in [2.24, 2.45) is 0 Å². The molecule has 3 aromatic carbocycles. The maximum absolute atomic E-state index is 13.6. The average molecular weight is 941 g/mol. The molecule has 2 unspecified atom stereocenters. The molecule has 2 fully saturated rings. The largest absolute Gasteiger partial charge is 0.453 e. The number of carbonyl (C=O) groups is 6. The smallest absolute Gasteiger partial charge is 0.407 e. The van der Waals surface area contributed by atoms with E-state index in [-0.39, 0.29) is 41.8 Å². The highest BCUT2D eigenvalue weighted by Crippen LogP contribution is 2.56. The van der Waals surface area contributed by atoms with Crippen LogP contribution in [-0.2, 0) is 52.3 Å². The lowest BCUT2D eigenvalue weighted by Crippen LogP contribution is -2.47. The third kappa shape index (κ3) is 14.9. The quantitative estimate of drug-likeness (QED) is 0.143. The van der Waals surface area contributed by atoms with Crippen LogP contribution in [-0.4, -0.2) is 113 Å². The van der Waals surface area contributed by atoms with E-state index in [1.807, 2.05) is 26.2 Å². The topological polar surface area (TPSA) is 175 Å². The van der Waals surface area contributed by atoms with Crippen LogP contribution in [0.15, 0.2) is 48.5 Å². The third-order valence-corrected chi connectivity index (χ3v) is 12.6. The first-order valence-electron chi connectivity index (χ1n) is 24.4. The number of benzene rings is 3. The normalized spacial score (nSPS) is 17.9. The summed E-state index contributed by atoms with van der Waals surface area (Å²) in [5, 5.41) is 11.0. The standard InChI is InChI=1S/C38H46N4O4.C6H11NO.C4H7NO3.2C3H8/c1-37(2)18-16-28-32(34-27(15-17-38(34,3)4)31(33(28)37)23-10-7-12-25(20-23)39-5)24-11-8-13-26(21-24)41-35(44)29-14-9-19-42(29)30(43)22-40-36(45)46-6;1-7-4-2-3-6(7)5-8;1-8-4(7)5-2-3-6;2*1-3-2/h7-8,10-13,20-21,29,39H,9,14-19,22H2,1-6H3,(H,40,45)(H,41,44);5-6H,2-4H2,1H3;3H,2H2,1H3,(H,5,7);2*3H2,1-2H3. The SMILES string of the molecule is CCC.CCC.CN1CCCC1C=O.CNc1cccc(-c2c3c(c(-c4cccc(NC(=O)C5CCCN5C(=O)CNC(=O)OC)c4)c4c2C(C)(C)CC4)C(C)(C)CC3)c1.COC(=O)NCC=O. The molecular weight excluding hydrogens is 861 g/mol. The highest BCUT2D eigenvalue weighted by atomic mass is 16.5. The van der Waals surface area contributed by atoms with E-state index < -0.39 is 18.2 Å². The van der Waals surface area contributed by atoms with Crippen molar-refractivity contribution in [1.82, 2.24) is 20.4 Å². The fourth-order valence-electron chi connectivity index (χ4n) is 9.38. The number of amides is 4. The van der Waals surface area contributed by atoms with Crippen molar-refractivity contribution >= 4 is 47.9 Å². The van der Waals surface area contributed by atoms with Crippen LogP contribution in [0.3, 0.4) is 0 Å². The Labute approximate surface area is 406 Å². The molecule has 2 atom stereocenters. The number of likely N-dealkylation sites (tertiary alicyclic amines) is 2. The van der Waals surface area contributed by atoms with Gasteiger partial charge in [0.15, 0.2) is 0 Å². The number of anilines is 2. The van der Waals surface area contributed by atoms with Gasteiger partial charge in [-0.2, -0.15) is 0 Å². The molecule has 374 valence electrons. The number of rotatable bonds is 10. The number of aldehydes is 2. The molecule has 3 aromatic rings. The second-order valence-corrected chi connectivity index (χ2v) is 19.0. The van der Waals surface area contributed by atoms with Crippen LogP contribution >= 0.6 is 0 Å². The number of nitrogens with zero attached hydrogens (tertiary/aromatic N) is 2. The van der Waals surface area contributed by atoms with Gasteiger partial charge in [0, 0.05) is 25.0 Å². The summed E-state index contributed by atoms with van der Waals surface area (Å²) in [6.07, 6.45) is 10.6. The van der Waals surface area contributed by atoms with Gasteiger partial charge in [-0.1, -0.05) is 92.5 Å². The lowest BCUT2D eigenvalue weighted by atomic mass is 9.73. The van der Waals surface area contributed by atoms with Crippen molar-refractivity contribution in [2.45, 2.75) is 143 Å². The van der Waals surface area contributed by atoms with Gasteiger partial charge in [-0.05, 0) is 145 Å². The van der Waals surface area contributed by atoms with E-state index in [9.17, 15) is 28.8 Å². The van der Waals surface area contributed by atoms with Gasteiger partial charge in [-0.15, -0.1) is 0 Å². The van der Waals surface area contributed by atoms with Gasteiger partial charge in [0.05, 0.1) is 26.8 Å². The first-order valence-corrected chi connectivity index (χ1v) is 24.4. The number of ether oxygens (including phenoxy) is 2. The Hall–Kier alpha value is -5.76. The molecule has 68 heavy (non-hydrogen) atoms. The van der Waals surface area contributed by atoms with Crippen LogP contribution in [0.1, 0.15) is 129 Å². The molecule has 0 spiro atoms. The molecule has 4 amide bonds. The molecule has 7 rings (SSSR count). The zero-order valence-electron chi connectivity index (χ0n) is 43.0. The van der Waals surface area contributed by atoms with Crippen LogP contribution in [0.5, 0.6) is 0 Å². The highest BCUT2D eigenvalue weighted by molar-refractivity contribution is 5.99. The second-order valence-electron chi connectivity index (χ2n) is 19.0. The highest BCUT2D eigenvalue weighted by Gasteiger charge is 2.43. The predicted octanol–water partition coefficient (Wildman–Crippen LogP) is 9.45. The summed E-state index contributed by atoms with van der Waals surface area (Å²) in [4.78, 5) is 71.3. The Morgan fingerprint density at radius 1 is 0.735 bits per heavy atom. The van der Waals surface area contributed by atoms with Gasteiger partial charge >= 0.3 is 12.2 Å². The molecule has 14 heteroatoms. The Morgan fingerprint density at radius 3 is 1.69 bits per heavy atom. The second kappa shape index (κ2) is 27.3. The van der Waals surface area contributed by atoms with Gasteiger partial charge in [0.1, 0.15) is 25.2 Å². The Kier molecular flexibility index (Phi) is 22.7. The van der Waals surface area contributed by atoms with Gasteiger partial charge in [0.2, 0.25) is 11.8 Å². The van der Waals surface area contributed by atoms with Crippen LogP contribution in [0.4, 0.5) is 21.0 Å². The van der Waals surface area contributed by atoms with Crippen LogP contribution < -0.4 is 21.3 Å². The van der Waals surface area contributed by atoms with Crippen molar-refractivity contribution in [3.8, 4) is 22.3 Å². The Bertz CT molecular complexity index is 2170. The molecule has 14 nitrogen and oxygen atoms in total. The van der Waals surface area contributed by atoms with Crippen molar-refractivity contribution in [2.75, 3.05) is 65.1 Å². The van der Waals surface area contributed by atoms with E-state index >= 15 is 0 Å². The van der Waals surface area contributed by atoms with Crippen molar-refractivity contribution < 1.29 is 38.2 Å². The first kappa shape index (κ1) is 56.6. The third-order valence-electron chi connectivity index (χ3n) is 12.6. The van der Waals surface area contributed by atoms with Gasteiger partial charge in [0.25, 0.3) is 0 Å². The zero-order chi connectivity index (χ0) is 50.6. The van der Waals surface area contributed by atoms with E-state index in [0.29, 0.717) is 19.3 Å². The lowest BCUT2D eigenvalue weighted by molar-refractivity contribution is -0.135. The molecule has 4 N–H and O–H groups in total. The van der Waals surface area contributed by atoms with Gasteiger partial charge in [-0.25, -0.2) is 9.59 Å². The molecule has 0 bridgehead atoms. The lowest BCUT2D eigenvalue weighted by Gasteiger charge is -2.31. The number of alkyl carbamates (subject to hydrolysis) is 2. The molecule has 2 heterocycles. The first-order chi connectivity index (χ1) is 32.4. The molecular formula is C54H80N6O8. The summed E-state index contributed by atoms with van der Waals surface area (Å²) < 4.78 is 8.72. The van der Waals surface area contributed by atoms with Crippen molar-refractivity contribution in [3.63, 3.8) is 0 Å². The van der Waals surface area contributed by atoms with Crippen LogP contribution in [0, 0.1) is 0 Å². The molecule has 2 aliphatic carbocycles. The average Bonchev–Trinajstić information content (AvgIpc) is 4.13. The Balaban J connectivity index is 0.000000460. The number of carbonyl (C=O) groups excluding carboxylic acids is 6. The summed E-state index contributed by atoms with van der Waals surface area (Å²) in [5.74, 6) is -0.508.